The Hall–Kier alpha value is -1.79. The third-order valence-corrected chi connectivity index (χ3v) is 5.08. The van der Waals surface area contributed by atoms with Crippen molar-refractivity contribution in [2.75, 3.05) is 13.1 Å². The van der Waals surface area contributed by atoms with Crippen LogP contribution in [0.1, 0.15) is 30.0 Å². The summed E-state index contributed by atoms with van der Waals surface area (Å²) >= 11 is 3.43. The summed E-state index contributed by atoms with van der Waals surface area (Å²) in [6.07, 6.45) is 1.34. The second kappa shape index (κ2) is 7.62. The molecule has 0 amide bonds. The van der Waals surface area contributed by atoms with Gasteiger partial charge in [0, 0.05) is 22.6 Å². The zero-order chi connectivity index (χ0) is 18.0. The number of carbonyl (C=O) groups is 1. The monoisotopic (exact) mass is 409 g/mol. The maximum atomic E-state index is 14.5. The molecule has 0 radical (unpaired) electrons. The molecule has 0 aliphatic carbocycles. The lowest BCUT2D eigenvalue weighted by atomic mass is 9.91. The first kappa shape index (κ1) is 18.0. The smallest absolute Gasteiger partial charge is 0.307 e. The van der Waals surface area contributed by atoms with E-state index in [2.05, 4.69) is 15.9 Å². The molecule has 25 heavy (non-hydrogen) atoms. The van der Waals surface area contributed by atoms with E-state index >= 15 is 0 Å². The van der Waals surface area contributed by atoms with Crippen LogP contribution in [0.2, 0.25) is 0 Å². The number of hydrogen-bond acceptors (Lipinski definition) is 2. The van der Waals surface area contributed by atoms with Crippen LogP contribution in [0.5, 0.6) is 0 Å². The molecule has 2 aromatic rings. The fourth-order valence-electron chi connectivity index (χ4n) is 3.43. The fourth-order valence-corrected chi connectivity index (χ4v) is 3.85. The zero-order valence-electron chi connectivity index (χ0n) is 13.5. The van der Waals surface area contributed by atoms with Gasteiger partial charge in [0.25, 0.3) is 0 Å². The van der Waals surface area contributed by atoms with Gasteiger partial charge < -0.3 is 5.11 Å². The molecule has 0 bridgehead atoms. The first-order chi connectivity index (χ1) is 12.0. The number of benzene rings is 2. The highest BCUT2D eigenvalue weighted by atomic mass is 79.9. The lowest BCUT2D eigenvalue weighted by molar-refractivity contribution is -0.143. The first-order valence-corrected chi connectivity index (χ1v) is 8.92. The van der Waals surface area contributed by atoms with Gasteiger partial charge in [0.2, 0.25) is 0 Å². The Morgan fingerprint density at radius 1 is 1.24 bits per heavy atom. The number of likely N-dealkylation sites (tertiary alicyclic amines) is 1. The summed E-state index contributed by atoms with van der Waals surface area (Å²) < 4.78 is 28.7. The summed E-state index contributed by atoms with van der Waals surface area (Å²) in [4.78, 5) is 13.4. The second-order valence-corrected chi connectivity index (χ2v) is 7.21. The minimum absolute atomic E-state index is 0.337. The quantitative estimate of drug-likeness (QED) is 0.800. The maximum absolute atomic E-state index is 14.5. The van der Waals surface area contributed by atoms with Crippen LogP contribution in [-0.2, 0) is 4.79 Å². The van der Waals surface area contributed by atoms with Gasteiger partial charge in [-0.05, 0) is 43.1 Å². The molecule has 1 aliphatic rings. The summed E-state index contributed by atoms with van der Waals surface area (Å²) in [6, 6.07) is 10.6. The molecule has 0 saturated carbocycles. The predicted molar refractivity (Wildman–Crippen MR) is 94.3 cm³/mol. The van der Waals surface area contributed by atoms with Gasteiger partial charge in [0.15, 0.2) is 0 Å². The third-order valence-electron chi connectivity index (χ3n) is 4.59. The lowest BCUT2D eigenvalue weighted by Gasteiger charge is -2.37. The van der Waals surface area contributed by atoms with Gasteiger partial charge in [-0.2, -0.15) is 0 Å². The second-order valence-electron chi connectivity index (χ2n) is 6.30. The molecule has 1 saturated heterocycles. The van der Waals surface area contributed by atoms with Crippen LogP contribution in [0.15, 0.2) is 46.9 Å². The van der Waals surface area contributed by atoms with Crippen molar-refractivity contribution in [2.24, 2.45) is 5.92 Å². The molecule has 1 aliphatic heterocycles. The Kier molecular flexibility index (Phi) is 5.49. The van der Waals surface area contributed by atoms with Crippen LogP contribution < -0.4 is 0 Å². The Morgan fingerprint density at radius 2 is 2.04 bits per heavy atom. The Labute approximate surface area is 153 Å². The number of hydrogen-bond donors (Lipinski definition) is 1. The Bertz CT molecular complexity index is 784. The standard InChI is InChI=1S/C19H18BrF2NO2/c20-14-5-1-3-12(9-14)18(16-7-6-15(21)10-17(16)22)23-8-2-4-13(11-23)19(24)25/h1,3,5-7,9-10,13,18H,2,4,8,11H2,(H,24,25). The number of aliphatic carboxylic acids is 1. The average Bonchev–Trinajstić information content (AvgIpc) is 2.57. The highest BCUT2D eigenvalue weighted by Gasteiger charge is 2.32. The SMILES string of the molecule is O=C(O)C1CCCN(C(c2cccc(Br)c2)c2ccc(F)cc2F)C1. The average molecular weight is 410 g/mol. The molecule has 0 spiro atoms. The molecule has 2 aromatic carbocycles. The van der Waals surface area contributed by atoms with E-state index in [1.165, 1.54) is 12.1 Å². The topological polar surface area (TPSA) is 40.5 Å². The van der Waals surface area contributed by atoms with Crippen molar-refractivity contribution in [2.45, 2.75) is 18.9 Å². The van der Waals surface area contributed by atoms with E-state index < -0.39 is 29.6 Å². The zero-order valence-corrected chi connectivity index (χ0v) is 15.0. The molecule has 3 rings (SSSR count). The molecule has 1 fully saturated rings. The number of halogens is 3. The molecule has 0 aromatic heterocycles. The third kappa shape index (κ3) is 4.07. The molecule has 1 heterocycles. The van der Waals surface area contributed by atoms with E-state index in [1.807, 2.05) is 29.2 Å². The largest absolute Gasteiger partial charge is 0.481 e. The van der Waals surface area contributed by atoms with Gasteiger partial charge in [-0.25, -0.2) is 8.78 Å². The fraction of sp³-hybridized carbons (Fsp3) is 0.316. The summed E-state index contributed by atoms with van der Waals surface area (Å²) in [5.41, 5.74) is 1.19. The van der Waals surface area contributed by atoms with Gasteiger partial charge in [0.05, 0.1) is 12.0 Å². The molecule has 6 heteroatoms. The van der Waals surface area contributed by atoms with Crippen LogP contribution in [0, 0.1) is 17.6 Å². The van der Waals surface area contributed by atoms with E-state index in [0.29, 0.717) is 25.1 Å². The van der Waals surface area contributed by atoms with E-state index in [9.17, 15) is 18.7 Å². The molecular weight excluding hydrogens is 392 g/mol. The van der Waals surface area contributed by atoms with Crippen LogP contribution >= 0.6 is 15.9 Å². The van der Waals surface area contributed by atoms with Crippen molar-refractivity contribution >= 4 is 21.9 Å². The molecule has 2 atom stereocenters. The normalized spacial score (nSPS) is 19.6. The number of carboxylic acid groups (broad SMARTS) is 1. The molecule has 132 valence electrons. The molecular formula is C19H18BrF2NO2. The predicted octanol–water partition coefficient (Wildman–Crippen LogP) is 4.61. The van der Waals surface area contributed by atoms with E-state index in [4.69, 9.17) is 0 Å². The van der Waals surface area contributed by atoms with Crippen molar-refractivity contribution in [1.29, 1.82) is 0 Å². The van der Waals surface area contributed by atoms with E-state index in [0.717, 1.165) is 22.5 Å². The minimum Gasteiger partial charge on any atom is -0.481 e. The van der Waals surface area contributed by atoms with Crippen molar-refractivity contribution in [1.82, 2.24) is 4.90 Å². The summed E-state index contributed by atoms with van der Waals surface area (Å²) in [5.74, 6) is -2.57. The number of piperidine rings is 1. The minimum atomic E-state index is -0.836. The summed E-state index contributed by atoms with van der Waals surface area (Å²) in [7, 11) is 0. The van der Waals surface area contributed by atoms with Crippen molar-refractivity contribution in [3.8, 4) is 0 Å². The molecule has 3 nitrogen and oxygen atoms in total. The van der Waals surface area contributed by atoms with Gasteiger partial charge in [-0.3, -0.25) is 9.69 Å². The van der Waals surface area contributed by atoms with Gasteiger partial charge >= 0.3 is 5.97 Å². The summed E-state index contributed by atoms with van der Waals surface area (Å²) in [6.45, 7) is 1.00. The molecule has 1 N–H and O–H groups in total. The number of rotatable bonds is 4. The Balaban J connectivity index is 2.04. The van der Waals surface area contributed by atoms with Crippen LogP contribution in [-0.4, -0.2) is 29.1 Å². The van der Waals surface area contributed by atoms with Crippen LogP contribution in [0.4, 0.5) is 8.78 Å². The van der Waals surface area contributed by atoms with E-state index in [1.54, 1.807) is 0 Å². The van der Waals surface area contributed by atoms with Crippen LogP contribution in [0.25, 0.3) is 0 Å². The van der Waals surface area contributed by atoms with E-state index in [-0.39, 0.29) is 0 Å². The van der Waals surface area contributed by atoms with Crippen LogP contribution in [0.3, 0.4) is 0 Å². The summed E-state index contributed by atoms with van der Waals surface area (Å²) in [5, 5.41) is 9.36. The number of nitrogens with zero attached hydrogens (tertiary/aromatic N) is 1. The maximum Gasteiger partial charge on any atom is 0.307 e. The first-order valence-electron chi connectivity index (χ1n) is 8.13. The highest BCUT2D eigenvalue weighted by molar-refractivity contribution is 9.10. The van der Waals surface area contributed by atoms with Crippen molar-refractivity contribution < 1.29 is 18.7 Å². The van der Waals surface area contributed by atoms with Gasteiger partial charge in [-0.1, -0.05) is 34.1 Å². The van der Waals surface area contributed by atoms with Gasteiger partial charge in [-0.15, -0.1) is 0 Å². The van der Waals surface area contributed by atoms with Crippen molar-refractivity contribution in [3.05, 3.63) is 69.7 Å². The molecule has 2 unspecified atom stereocenters. The Morgan fingerprint density at radius 3 is 2.72 bits per heavy atom. The highest BCUT2D eigenvalue weighted by Crippen LogP contribution is 2.35. The number of carboxylic acids is 1. The lowest BCUT2D eigenvalue weighted by Crippen LogP contribution is -2.41. The van der Waals surface area contributed by atoms with Gasteiger partial charge in [0.1, 0.15) is 11.6 Å². The van der Waals surface area contributed by atoms with Crippen molar-refractivity contribution in [3.63, 3.8) is 0 Å².